The first-order valence-electron chi connectivity index (χ1n) is 6.60. The first-order valence-corrected chi connectivity index (χ1v) is 7.14. The van der Waals surface area contributed by atoms with Crippen LogP contribution in [-0.2, 0) is 4.79 Å². The summed E-state index contributed by atoms with van der Waals surface area (Å²) in [4.78, 5) is 15.7. The van der Waals surface area contributed by atoms with Crippen molar-refractivity contribution in [2.24, 2.45) is 0 Å². The van der Waals surface area contributed by atoms with Gasteiger partial charge in [-0.1, -0.05) is 0 Å². The number of rotatable bonds is 4. The fourth-order valence-electron chi connectivity index (χ4n) is 2.06. The van der Waals surface area contributed by atoms with Gasteiger partial charge in [0.15, 0.2) is 5.58 Å². The number of benzene rings is 2. The predicted octanol–water partition coefficient (Wildman–Crippen LogP) is 3.68. The van der Waals surface area contributed by atoms with Gasteiger partial charge in [-0.3, -0.25) is 4.79 Å². The van der Waals surface area contributed by atoms with Crippen molar-refractivity contribution in [2.45, 2.75) is 0 Å². The lowest BCUT2D eigenvalue weighted by molar-refractivity contribution is -0.113. The lowest BCUT2D eigenvalue weighted by Gasteiger charge is -2.01. The van der Waals surface area contributed by atoms with Crippen molar-refractivity contribution in [3.63, 3.8) is 0 Å². The van der Waals surface area contributed by atoms with Gasteiger partial charge < -0.3 is 14.5 Å². The molecule has 0 aliphatic heterocycles. The Balaban J connectivity index is 1.93. The number of hydrogen-bond acceptors (Lipinski definition) is 4. The number of hydrogen-bond donors (Lipinski definition) is 1. The van der Waals surface area contributed by atoms with E-state index in [9.17, 15) is 4.79 Å². The summed E-state index contributed by atoms with van der Waals surface area (Å²) in [6.45, 7) is 0. The highest BCUT2D eigenvalue weighted by atomic mass is 35.5. The molecule has 2 aromatic carbocycles. The monoisotopic (exact) mass is 316 g/mol. The van der Waals surface area contributed by atoms with Gasteiger partial charge in [-0.2, -0.15) is 0 Å². The first-order chi connectivity index (χ1) is 10.7. The molecule has 112 valence electrons. The molecule has 0 spiro atoms. The zero-order chi connectivity index (χ0) is 15.5. The molecule has 0 radical (unpaired) electrons. The molecule has 1 heterocycles. The second-order valence-electron chi connectivity index (χ2n) is 4.61. The van der Waals surface area contributed by atoms with Gasteiger partial charge in [0.1, 0.15) is 17.1 Å². The topological polar surface area (TPSA) is 64.4 Å². The maximum Gasteiger partial charge on any atom is 0.239 e. The molecular weight excluding hydrogens is 304 g/mol. The summed E-state index contributed by atoms with van der Waals surface area (Å²) in [5, 5.41) is 2.68. The molecule has 22 heavy (non-hydrogen) atoms. The molecule has 0 unspecified atom stereocenters. The minimum Gasteiger partial charge on any atom is -0.497 e. The van der Waals surface area contributed by atoms with Gasteiger partial charge in [-0.15, -0.1) is 11.6 Å². The summed E-state index contributed by atoms with van der Waals surface area (Å²) in [6.07, 6.45) is 0. The molecule has 0 bridgehead atoms. The van der Waals surface area contributed by atoms with Crippen LogP contribution in [0.15, 0.2) is 46.9 Å². The summed E-state index contributed by atoms with van der Waals surface area (Å²) in [5.41, 5.74) is 2.80. The number of oxazole rings is 1. The molecule has 0 aliphatic rings. The van der Waals surface area contributed by atoms with Crippen LogP contribution < -0.4 is 10.1 Å². The number of ether oxygens (including phenoxy) is 1. The van der Waals surface area contributed by atoms with Crippen molar-refractivity contribution in [2.75, 3.05) is 18.3 Å². The molecule has 6 heteroatoms. The number of carbonyl (C=O) groups is 1. The smallest absolute Gasteiger partial charge is 0.239 e. The van der Waals surface area contributed by atoms with Gasteiger partial charge in [-0.05, 0) is 42.5 Å². The number of carbonyl (C=O) groups excluding carboxylic acids is 1. The molecule has 5 nitrogen and oxygen atoms in total. The van der Waals surface area contributed by atoms with E-state index in [4.69, 9.17) is 20.8 Å². The van der Waals surface area contributed by atoms with E-state index in [2.05, 4.69) is 10.3 Å². The lowest BCUT2D eigenvalue weighted by atomic mass is 10.2. The number of aromatic nitrogens is 1. The molecule has 1 N–H and O–H groups in total. The van der Waals surface area contributed by atoms with E-state index in [1.165, 1.54) is 0 Å². The molecule has 3 rings (SSSR count). The molecule has 0 saturated carbocycles. The van der Waals surface area contributed by atoms with E-state index < -0.39 is 0 Å². The third kappa shape index (κ3) is 2.89. The van der Waals surface area contributed by atoms with E-state index in [-0.39, 0.29) is 11.8 Å². The summed E-state index contributed by atoms with van der Waals surface area (Å²) in [7, 11) is 1.62. The van der Waals surface area contributed by atoms with Gasteiger partial charge >= 0.3 is 0 Å². The van der Waals surface area contributed by atoms with Gasteiger partial charge in [0, 0.05) is 11.3 Å². The molecule has 3 aromatic rings. The molecule has 0 saturated heterocycles. The van der Waals surface area contributed by atoms with E-state index >= 15 is 0 Å². The number of amides is 1. The quantitative estimate of drug-likeness (QED) is 0.746. The Morgan fingerprint density at radius 2 is 2.05 bits per heavy atom. The zero-order valence-electron chi connectivity index (χ0n) is 11.8. The number of alkyl halides is 1. The van der Waals surface area contributed by atoms with Gasteiger partial charge in [0.05, 0.1) is 7.11 Å². The second kappa shape index (κ2) is 6.07. The summed E-state index contributed by atoms with van der Waals surface area (Å²) in [6, 6.07) is 12.7. The third-order valence-corrected chi connectivity index (χ3v) is 3.37. The molecular formula is C16H13ClN2O3. The average Bonchev–Trinajstić information content (AvgIpc) is 2.98. The molecule has 1 amide bonds. The first kappa shape index (κ1) is 14.4. The molecule has 0 atom stereocenters. The van der Waals surface area contributed by atoms with Crippen LogP contribution in [0.5, 0.6) is 5.75 Å². The Hall–Kier alpha value is -2.53. The Labute approximate surface area is 131 Å². The van der Waals surface area contributed by atoms with Crippen molar-refractivity contribution < 1.29 is 13.9 Å². The molecule has 0 aliphatic carbocycles. The number of fused-ring (bicyclic) bond motifs is 1. The SMILES string of the molecule is COc1ccc(-c2nc3cc(NC(=O)CCl)ccc3o2)cc1. The number of methoxy groups -OCH3 is 1. The summed E-state index contributed by atoms with van der Waals surface area (Å²) >= 11 is 5.47. The van der Waals surface area contributed by atoms with Crippen molar-refractivity contribution in [1.82, 2.24) is 4.98 Å². The largest absolute Gasteiger partial charge is 0.497 e. The number of nitrogens with zero attached hydrogens (tertiary/aromatic N) is 1. The minimum absolute atomic E-state index is 0.0893. The van der Waals surface area contributed by atoms with Crippen molar-refractivity contribution in [3.05, 3.63) is 42.5 Å². The highest BCUT2D eigenvalue weighted by Gasteiger charge is 2.10. The van der Waals surface area contributed by atoms with Gasteiger partial charge in [0.2, 0.25) is 11.8 Å². The Kier molecular flexibility index (Phi) is 3.98. The predicted molar refractivity (Wildman–Crippen MR) is 85.3 cm³/mol. The van der Waals surface area contributed by atoms with Crippen LogP contribution in [0.3, 0.4) is 0 Å². The minimum atomic E-state index is -0.264. The van der Waals surface area contributed by atoms with Crippen LogP contribution in [0.1, 0.15) is 0 Å². The van der Waals surface area contributed by atoms with Crippen molar-refractivity contribution in [3.8, 4) is 17.2 Å². The summed E-state index contributed by atoms with van der Waals surface area (Å²) < 4.78 is 10.8. The fourth-order valence-corrected chi connectivity index (χ4v) is 2.12. The van der Waals surface area contributed by atoms with E-state index in [1.54, 1.807) is 25.3 Å². The van der Waals surface area contributed by atoms with Crippen molar-refractivity contribution in [1.29, 1.82) is 0 Å². The standard InChI is InChI=1S/C16H13ClN2O3/c1-21-12-5-2-10(3-6-12)16-19-13-8-11(18-15(20)9-17)4-7-14(13)22-16/h2-8H,9H2,1H3,(H,18,20). The van der Waals surface area contributed by atoms with E-state index in [0.717, 1.165) is 11.3 Å². The Bertz CT molecular complexity index is 812. The average molecular weight is 317 g/mol. The van der Waals surface area contributed by atoms with Gasteiger partial charge in [-0.25, -0.2) is 4.98 Å². The zero-order valence-corrected chi connectivity index (χ0v) is 12.6. The van der Waals surface area contributed by atoms with Crippen LogP contribution in [0, 0.1) is 0 Å². The fraction of sp³-hybridized carbons (Fsp3) is 0.125. The highest BCUT2D eigenvalue weighted by Crippen LogP contribution is 2.27. The number of nitrogens with one attached hydrogen (secondary N) is 1. The third-order valence-electron chi connectivity index (χ3n) is 3.13. The van der Waals surface area contributed by atoms with Crippen molar-refractivity contribution >= 4 is 34.3 Å². The van der Waals surface area contributed by atoms with Crippen LogP contribution in [0.25, 0.3) is 22.6 Å². The maximum absolute atomic E-state index is 11.3. The van der Waals surface area contributed by atoms with Crippen LogP contribution in [-0.4, -0.2) is 23.9 Å². The second-order valence-corrected chi connectivity index (χ2v) is 4.88. The molecule has 0 fully saturated rings. The number of halogens is 1. The number of anilines is 1. The Morgan fingerprint density at radius 1 is 1.27 bits per heavy atom. The van der Waals surface area contributed by atoms with E-state index in [0.29, 0.717) is 22.7 Å². The van der Waals surface area contributed by atoms with Gasteiger partial charge in [0.25, 0.3) is 0 Å². The Morgan fingerprint density at radius 3 is 2.73 bits per heavy atom. The summed E-state index contributed by atoms with van der Waals surface area (Å²) in [5.74, 6) is 0.929. The normalized spacial score (nSPS) is 10.6. The maximum atomic E-state index is 11.3. The molecule has 1 aromatic heterocycles. The van der Waals surface area contributed by atoms with Crippen LogP contribution in [0.4, 0.5) is 5.69 Å². The lowest BCUT2D eigenvalue weighted by Crippen LogP contribution is -2.12. The van der Waals surface area contributed by atoms with E-state index in [1.807, 2.05) is 24.3 Å². The van der Waals surface area contributed by atoms with Crippen LogP contribution in [0.2, 0.25) is 0 Å². The highest BCUT2D eigenvalue weighted by molar-refractivity contribution is 6.29. The van der Waals surface area contributed by atoms with Crippen LogP contribution >= 0.6 is 11.6 Å².